The number of carbonyl (C=O) groups is 2. The van der Waals surface area contributed by atoms with Crippen molar-refractivity contribution >= 4 is 22.5 Å². The molecule has 0 aliphatic heterocycles. The number of Topliss-reactive ketones (excluding diaryl/α,β-unsaturated/α-hetero) is 1. The molecule has 7 heteroatoms. The molecule has 0 atom stereocenters. The molecule has 0 bridgehead atoms. The Morgan fingerprint density at radius 2 is 1.80 bits per heavy atom. The van der Waals surface area contributed by atoms with E-state index < -0.39 is 5.97 Å². The van der Waals surface area contributed by atoms with E-state index in [2.05, 4.69) is 5.10 Å². The Labute approximate surface area is 175 Å². The molecule has 0 fully saturated rings. The van der Waals surface area contributed by atoms with Gasteiger partial charge in [-0.15, -0.1) is 0 Å². The second-order valence-corrected chi connectivity index (χ2v) is 7.80. The van der Waals surface area contributed by atoms with Crippen molar-refractivity contribution in [3.8, 4) is 0 Å². The van der Waals surface area contributed by atoms with Crippen molar-refractivity contribution < 1.29 is 14.3 Å². The lowest BCUT2D eigenvalue weighted by atomic mass is 10.1. The van der Waals surface area contributed by atoms with Crippen LogP contribution in [0.4, 0.5) is 0 Å². The normalized spacial score (nSPS) is 11.3. The van der Waals surface area contributed by atoms with Crippen LogP contribution in [0.15, 0.2) is 35.1 Å². The van der Waals surface area contributed by atoms with Crippen LogP contribution >= 0.6 is 0 Å². The lowest BCUT2D eigenvalue weighted by Gasteiger charge is -2.12. The average molecular weight is 409 g/mol. The van der Waals surface area contributed by atoms with Crippen LogP contribution in [0, 0.1) is 19.8 Å². The van der Waals surface area contributed by atoms with Crippen LogP contribution in [0.5, 0.6) is 0 Å². The number of hydrogen-bond acceptors (Lipinski definition) is 5. The lowest BCUT2D eigenvalue weighted by molar-refractivity contribution is 0.0468. The van der Waals surface area contributed by atoms with E-state index in [-0.39, 0.29) is 29.6 Å². The molecule has 3 rings (SSSR count). The van der Waals surface area contributed by atoms with E-state index in [0.29, 0.717) is 22.9 Å². The molecule has 2 aromatic heterocycles. The number of hydrogen-bond donors (Lipinski definition) is 0. The highest BCUT2D eigenvalue weighted by atomic mass is 16.5. The van der Waals surface area contributed by atoms with Crippen molar-refractivity contribution in [1.82, 2.24) is 14.3 Å². The number of ether oxygens (including phenoxy) is 1. The summed E-state index contributed by atoms with van der Waals surface area (Å²) in [5.41, 5.74) is 2.17. The molecule has 30 heavy (non-hydrogen) atoms. The third kappa shape index (κ3) is 4.06. The first kappa shape index (κ1) is 21.5. The number of esters is 1. The van der Waals surface area contributed by atoms with Gasteiger partial charge < -0.3 is 9.30 Å². The molecule has 0 saturated carbocycles. The van der Waals surface area contributed by atoms with Crippen molar-refractivity contribution in [3.05, 3.63) is 63.3 Å². The lowest BCUT2D eigenvalue weighted by Crippen LogP contribution is -2.28. The Morgan fingerprint density at radius 3 is 2.40 bits per heavy atom. The third-order valence-corrected chi connectivity index (χ3v) is 5.12. The molecule has 1 aromatic carbocycles. The quantitative estimate of drug-likeness (QED) is 0.440. The zero-order valence-corrected chi connectivity index (χ0v) is 18.1. The van der Waals surface area contributed by atoms with Gasteiger partial charge in [0.15, 0.2) is 12.3 Å². The van der Waals surface area contributed by atoms with E-state index in [4.69, 9.17) is 4.74 Å². The van der Waals surface area contributed by atoms with Gasteiger partial charge in [-0.05, 0) is 38.8 Å². The van der Waals surface area contributed by atoms with Crippen molar-refractivity contribution in [3.63, 3.8) is 0 Å². The number of ketones is 1. The molecule has 0 saturated heterocycles. The summed E-state index contributed by atoms with van der Waals surface area (Å²) in [6.45, 7) is 10.5. The standard InChI is InChI=1S/C23H27N3O4/c1-6-25-15(4)11-19(16(25)5)20(27)13-30-23(29)21-17-9-7-8-10-18(17)22(28)26(24-21)12-14(2)3/h7-11,14H,6,12-13H2,1-5H3. The molecule has 0 amide bonds. The van der Waals surface area contributed by atoms with Crippen LogP contribution in [0.25, 0.3) is 10.8 Å². The molecule has 0 aliphatic carbocycles. The molecule has 3 aromatic rings. The van der Waals surface area contributed by atoms with Crippen LogP contribution in [-0.4, -0.2) is 32.7 Å². The van der Waals surface area contributed by atoms with E-state index in [1.807, 2.05) is 45.3 Å². The average Bonchev–Trinajstić information content (AvgIpc) is 3.01. The van der Waals surface area contributed by atoms with E-state index in [1.54, 1.807) is 24.3 Å². The summed E-state index contributed by atoms with van der Waals surface area (Å²) in [6, 6.07) is 8.61. The second-order valence-electron chi connectivity index (χ2n) is 7.80. The molecule has 0 radical (unpaired) electrons. The molecule has 0 N–H and O–H groups in total. The van der Waals surface area contributed by atoms with Gasteiger partial charge in [0.25, 0.3) is 5.56 Å². The minimum atomic E-state index is -0.721. The number of fused-ring (bicyclic) bond motifs is 1. The predicted molar refractivity (Wildman–Crippen MR) is 115 cm³/mol. The summed E-state index contributed by atoms with van der Waals surface area (Å²) in [5.74, 6) is -0.812. The molecule has 0 spiro atoms. The first-order valence-electron chi connectivity index (χ1n) is 10.1. The van der Waals surface area contributed by atoms with Crippen molar-refractivity contribution in [1.29, 1.82) is 0 Å². The van der Waals surface area contributed by atoms with Gasteiger partial charge in [0, 0.05) is 35.4 Å². The molecule has 0 aliphatic rings. The second kappa shape index (κ2) is 8.65. The summed E-state index contributed by atoms with van der Waals surface area (Å²) in [5, 5.41) is 5.08. The Kier molecular flexibility index (Phi) is 6.20. The number of rotatable bonds is 7. The highest BCUT2D eigenvalue weighted by molar-refractivity contribution is 6.04. The van der Waals surface area contributed by atoms with Crippen LogP contribution in [0.1, 0.15) is 53.0 Å². The van der Waals surface area contributed by atoms with Gasteiger partial charge in [0.1, 0.15) is 0 Å². The Hall–Kier alpha value is -3.22. The van der Waals surface area contributed by atoms with Crippen molar-refractivity contribution in [2.75, 3.05) is 6.61 Å². The van der Waals surface area contributed by atoms with Crippen molar-refractivity contribution in [2.45, 2.75) is 47.7 Å². The van der Waals surface area contributed by atoms with E-state index >= 15 is 0 Å². The van der Waals surface area contributed by atoms with Gasteiger partial charge in [0.2, 0.25) is 5.78 Å². The van der Waals surface area contributed by atoms with E-state index in [9.17, 15) is 14.4 Å². The Balaban J connectivity index is 1.89. The summed E-state index contributed by atoms with van der Waals surface area (Å²) in [6.07, 6.45) is 0. The monoisotopic (exact) mass is 409 g/mol. The molecule has 2 heterocycles. The number of carbonyl (C=O) groups excluding carboxylic acids is 2. The smallest absolute Gasteiger partial charge is 0.359 e. The van der Waals surface area contributed by atoms with Crippen LogP contribution in [0.2, 0.25) is 0 Å². The minimum absolute atomic E-state index is 0.0395. The SMILES string of the molecule is CCn1c(C)cc(C(=O)COC(=O)c2nn(CC(C)C)c(=O)c3ccccc23)c1C. The van der Waals surface area contributed by atoms with E-state index in [1.165, 1.54) is 4.68 Å². The largest absolute Gasteiger partial charge is 0.452 e. The fraction of sp³-hybridized carbons (Fsp3) is 0.391. The molecular weight excluding hydrogens is 382 g/mol. The number of aryl methyl sites for hydroxylation is 1. The van der Waals surface area contributed by atoms with E-state index in [0.717, 1.165) is 17.9 Å². The predicted octanol–water partition coefficient (Wildman–Crippen LogP) is 3.53. The third-order valence-electron chi connectivity index (χ3n) is 5.12. The topological polar surface area (TPSA) is 83.2 Å². The summed E-state index contributed by atoms with van der Waals surface area (Å²) in [7, 11) is 0. The number of aromatic nitrogens is 3. The molecule has 158 valence electrons. The first-order chi connectivity index (χ1) is 14.2. The molecular formula is C23H27N3O4. The van der Waals surface area contributed by atoms with Gasteiger partial charge in [-0.25, -0.2) is 9.48 Å². The molecule has 7 nitrogen and oxygen atoms in total. The maximum Gasteiger partial charge on any atom is 0.359 e. The maximum atomic E-state index is 12.8. The zero-order valence-electron chi connectivity index (χ0n) is 18.1. The Morgan fingerprint density at radius 1 is 1.13 bits per heavy atom. The van der Waals surface area contributed by atoms with Crippen molar-refractivity contribution in [2.24, 2.45) is 5.92 Å². The Bertz CT molecular complexity index is 1170. The minimum Gasteiger partial charge on any atom is -0.452 e. The van der Waals surface area contributed by atoms with Gasteiger partial charge in [-0.3, -0.25) is 9.59 Å². The number of nitrogens with zero attached hydrogens (tertiary/aromatic N) is 3. The zero-order chi connectivity index (χ0) is 22.0. The maximum absolute atomic E-state index is 12.8. The fourth-order valence-corrected chi connectivity index (χ4v) is 3.70. The summed E-state index contributed by atoms with van der Waals surface area (Å²) in [4.78, 5) is 38.1. The van der Waals surface area contributed by atoms with Crippen LogP contribution < -0.4 is 5.56 Å². The molecule has 0 unspecified atom stereocenters. The van der Waals surface area contributed by atoms with Crippen LogP contribution in [0.3, 0.4) is 0 Å². The summed E-state index contributed by atoms with van der Waals surface area (Å²) < 4.78 is 8.64. The highest BCUT2D eigenvalue weighted by Crippen LogP contribution is 2.17. The fourth-order valence-electron chi connectivity index (χ4n) is 3.70. The van der Waals surface area contributed by atoms with Gasteiger partial charge in [0.05, 0.1) is 5.39 Å². The van der Waals surface area contributed by atoms with Gasteiger partial charge >= 0.3 is 5.97 Å². The van der Waals surface area contributed by atoms with Crippen LogP contribution in [-0.2, 0) is 17.8 Å². The summed E-state index contributed by atoms with van der Waals surface area (Å²) >= 11 is 0. The highest BCUT2D eigenvalue weighted by Gasteiger charge is 2.21. The van der Waals surface area contributed by atoms with Gasteiger partial charge in [-0.2, -0.15) is 5.10 Å². The number of benzene rings is 1. The van der Waals surface area contributed by atoms with Gasteiger partial charge in [-0.1, -0.05) is 32.0 Å². The first-order valence-corrected chi connectivity index (χ1v) is 10.1.